The van der Waals surface area contributed by atoms with E-state index in [1.54, 1.807) is 6.92 Å². The normalized spacial score (nSPS) is 12.3. The number of hydrogen-bond donors (Lipinski definition) is 0. The molecule has 0 heterocycles. The summed E-state index contributed by atoms with van der Waals surface area (Å²) in [7, 11) is 0. The predicted octanol–water partition coefficient (Wildman–Crippen LogP) is 3.32. The minimum absolute atomic E-state index is 0.150. The highest BCUT2D eigenvalue weighted by atomic mass is 16.5. The van der Waals surface area contributed by atoms with Gasteiger partial charge in [-0.2, -0.15) is 0 Å². The van der Waals surface area contributed by atoms with Gasteiger partial charge in [0, 0.05) is 6.42 Å². The van der Waals surface area contributed by atoms with Gasteiger partial charge in [0.25, 0.3) is 0 Å². The van der Waals surface area contributed by atoms with Crippen LogP contribution in [0.3, 0.4) is 0 Å². The van der Waals surface area contributed by atoms with Gasteiger partial charge < -0.3 is 4.74 Å². The van der Waals surface area contributed by atoms with E-state index in [1.807, 2.05) is 26.0 Å². The summed E-state index contributed by atoms with van der Waals surface area (Å²) in [5.41, 5.74) is 3.49. The Labute approximate surface area is 91.3 Å². The number of rotatable bonds is 3. The molecule has 0 unspecified atom stereocenters. The van der Waals surface area contributed by atoms with E-state index >= 15 is 0 Å². The average molecular weight is 206 g/mol. The molecule has 0 saturated heterocycles. The summed E-state index contributed by atoms with van der Waals surface area (Å²) in [6.07, 6.45) is 0.271. The molecule has 1 aromatic carbocycles. The van der Waals surface area contributed by atoms with Crippen molar-refractivity contribution in [2.24, 2.45) is 0 Å². The Morgan fingerprint density at radius 3 is 2.60 bits per heavy atom. The van der Waals surface area contributed by atoms with Crippen molar-refractivity contribution in [3.05, 3.63) is 34.9 Å². The first-order chi connectivity index (χ1) is 7.04. The maximum Gasteiger partial charge on any atom is 0.306 e. The third kappa shape index (κ3) is 3.08. The number of aryl methyl sites for hydroxylation is 2. The van der Waals surface area contributed by atoms with Crippen LogP contribution in [0, 0.1) is 13.8 Å². The second-order valence-corrected chi connectivity index (χ2v) is 3.85. The van der Waals surface area contributed by atoms with Crippen LogP contribution < -0.4 is 0 Å². The van der Waals surface area contributed by atoms with Crippen molar-refractivity contribution in [3.63, 3.8) is 0 Å². The smallest absolute Gasteiger partial charge is 0.306 e. The number of benzene rings is 1. The van der Waals surface area contributed by atoms with E-state index in [0.717, 1.165) is 5.56 Å². The van der Waals surface area contributed by atoms with Gasteiger partial charge in [-0.05, 0) is 31.9 Å². The van der Waals surface area contributed by atoms with Gasteiger partial charge in [0.05, 0.1) is 0 Å². The highest BCUT2D eigenvalue weighted by Crippen LogP contribution is 2.22. The molecule has 0 bridgehead atoms. The molecule has 0 aliphatic rings. The lowest BCUT2D eigenvalue weighted by atomic mass is 10.0. The first-order valence-corrected chi connectivity index (χ1v) is 5.31. The van der Waals surface area contributed by atoms with Crippen LogP contribution in [0.25, 0.3) is 0 Å². The summed E-state index contributed by atoms with van der Waals surface area (Å²) < 4.78 is 5.27. The summed E-state index contributed by atoms with van der Waals surface area (Å²) in [6, 6.07) is 6.17. The third-order valence-corrected chi connectivity index (χ3v) is 2.46. The molecule has 0 N–H and O–H groups in total. The van der Waals surface area contributed by atoms with Gasteiger partial charge in [-0.25, -0.2) is 0 Å². The van der Waals surface area contributed by atoms with Crippen LogP contribution in [0.15, 0.2) is 18.2 Å². The van der Waals surface area contributed by atoms with Crippen LogP contribution >= 0.6 is 0 Å². The molecule has 0 aromatic heterocycles. The maximum absolute atomic E-state index is 11.2. The van der Waals surface area contributed by atoms with Crippen molar-refractivity contribution in [3.8, 4) is 0 Å². The maximum atomic E-state index is 11.2. The van der Waals surface area contributed by atoms with E-state index in [2.05, 4.69) is 13.0 Å². The number of esters is 1. The Hall–Kier alpha value is -1.31. The van der Waals surface area contributed by atoms with E-state index in [0.29, 0.717) is 6.42 Å². The topological polar surface area (TPSA) is 26.3 Å². The number of ether oxygens (including phenoxy) is 1. The van der Waals surface area contributed by atoms with Crippen molar-refractivity contribution in [1.82, 2.24) is 0 Å². The van der Waals surface area contributed by atoms with Gasteiger partial charge in [0.15, 0.2) is 0 Å². The van der Waals surface area contributed by atoms with Gasteiger partial charge >= 0.3 is 5.97 Å². The number of carbonyl (C=O) groups is 1. The Morgan fingerprint density at radius 1 is 1.40 bits per heavy atom. The fraction of sp³-hybridized carbons (Fsp3) is 0.462. The highest BCUT2D eigenvalue weighted by Gasteiger charge is 2.12. The van der Waals surface area contributed by atoms with Crippen LogP contribution in [0.5, 0.6) is 0 Å². The molecule has 1 rings (SSSR count). The minimum Gasteiger partial charge on any atom is -0.458 e. The molecule has 0 radical (unpaired) electrons. The molecule has 1 atom stereocenters. The van der Waals surface area contributed by atoms with Crippen LogP contribution in [-0.4, -0.2) is 5.97 Å². The third-order valence-electron chi connectivity index (χ3n) is 2.46. The molecule has 0 amide bonds. The predicted molar refractivity (Wildman–Crippen MR) is 60.7 cm³/mol. The molecule has 15 heavy (non-hydrogen) atoms. The molecule has 2 nitrogen and oxygen atoms in total. The highest BCUT2D eigenvalue weighted by molar-refractivity contribution is 5.69. The molecule has 0 fully saturated rings. The second-order valence-electron chi connectivity index (χ2n) is 3.85. The fourth-order valence-corrected chi connectivity index (χ4v) is 1.63. The molecule has 0 saturated carbocycles. The zero-order valence-electron chi connectivity index (χ0n) is 9.83. The molecule has 0 spiro atoms. The van der Waals surface area contributed by atoms with Gasteiger partial charge in [-0.1, -0.05) is 30.7 Å². The van der Waals surface area contributed by atoms with Crippen LogP contribution in [-0.2, 0) is 9.53 Å². The SMILES string of the molecule is CCC(=O)O[C@H](C)c1ccc(C)cc1C. The lowest BCUT2D eigenvalue weighted by molar-refractivity contribution is -0.148. The standard InChI is InChI=1S/C13H18O2/c1-5-13(14)15-11(4)12-7-6-9(2)8-10(12)3/h6-8,11H,5H2,1-4H3/t11-/m1/s1. The van der Waals surface area contributed by atoms with E-state index in [9.17, 15) is 4.79 Å². The lowest BCUT2D eigenvalue weighted by Crippen LogP contribution is -2.08. The van der Waals surface area contributed by atoms with Crippen molar-refractivity contribution in [2.75, 3.05) is 0 Å². The monoisotopic (exact) mass is 206 g/mol. The molecule has 0 aliphatic heterocycles. The fourth-order valence-electron chi connectivity index (χ4n) is 1.63. The first-order valence-electron chi connectivity index (χ1n) is 5.31. The Morgan fingerprint density at radius 2 is 2.07 bits per heavy atom. The van der Waals surface area contributed by atoms with Crippen molar-refractivity contribution in [2.45, 2.75) is 40.2 Å². The molecule has 0 aliphatic carbocycles. The number of carbonyl (C=O) groups excluding carboxylic acids is 1. The summed E-state index contributed by atoms with van der Waals surface area (Å²) in [6.45, 7) is 7.81. The molecule has 2 heteroatoms. The largest absolute Gasteiger partial charge is 0.458 e. The van der Waals surface area contributed by atoms with Gasteiger partial charge in [-0.3, -0.25) is 4.79 Å². The minimum atomic E-state index is -0.155. The summed E-state index contributed by atoms with van der Waals surface area (Å²) in [4.78, 5) is 11.2. The van der Waals surface area contributed by atoms with Gasteiger partial charge in [0.2, 0.25) is 0 Å². The summed E-state index contributed by atoms with van der Waals surface area (Å²) >= 11 is 0. The van der Waals surface area contributed by atoms with Crippen LogP contribution in [0.1, 0.15) is 43.1 Å². The van der Waals surface area contributed by atoms with E-state index in [4.69, 9.17) is 4.74 Å². The van der Waals surface area contributed by atoms with E-state index in [1.165, 1.54) is 11.1 Å². The lowest BCUT2D eigenvalue weighted by Gasteiger charge is -2.15. The Kier molecular flexibility index (Phi) is 3.89. The average Bonchev–Trinajstić information content (AvgIpc) is 2.17. The first kappa shape index (κ1) is 11.8. The molecular weight excluding hydrogens is 188 g/mol. The van der Waals surface area contributed by atoms with Crippen molar-refractivity contribution in [1.29, 1.82) is 0 Å². The Bertz CT molecular complexity index is 356. The van der Waals surface area contributed by atoms with E-state index < -0.39 is 0 Å². The number of hydrogen-bond acceptors (Lipinski definition) is 2. The zero-order valence-corrected chi connectivity index (χ0v) is 9.83. The molecule has 1 aromatic rings. The van der Waals surface area contributed by atoms with Gasteiger partial charge in [-0.15, -0.1) is 0 Å². The van der Waals surface area contributed by atoms with Crippen LogP contribution in [0.4, 0.5) is 0 Å². The summed E-state index contributed by atoms with van der Waals surface area (Å²) in [5.74, 6) is -0.150. The van der Waals surface area contributed by atoms with Gasteiger partial charge in [0.1, 0.15) is 6.10 Å². The summed E-state index contributed by atoms with van der Waals surface area (Å²) in [5, 5.41) is 0. The van der Waals surface area contributed by atoms with Crippen molar-refractivity contribution >= 4 is 5.97 Å². The Balaban J connectivity index is 2.82. The quantitative estimate of drug-likeness (QED) is 0.709. The molecular formula is C13H18O2. The molecule has 82 valence electrons. The van der Waals surface area contributed by atoms with E-state index in [-0.39, 0.29) is 12.1 Å². The zero-order chi connectivity index (χ0) is 11.4. The second kappa shape index (κ2) is 4.96. The van der Waals surface area contributed by atoms with Crippen molar-refractivity contribution < 1.29 is 9.53 Å². The van der Waals surface area contributed by atoms with Crippen LogP contribution in [0.2, 0.25) is 0 Å².